The summed E-state index contributed by atoms with van der Waals surface area (Å²) >= 11 is 8.00. The lowest BCUT2D eigenvalue weighted by atomic mass is 10.3. The number of ether oxygens (including phenoxy) is 2. The second-order valence-electron chi connectivity index (χ2n) is 2.12. The van der Waals surface area contributed by atoms with Gasteiger partial charge in [-0.15, -0.1) is 0 Å². The van der Waals surface area contributed by atoms with Crippen LogP contribution in [0.1, 0.15) is 0 Å². The molecule has 0 spiro atoms. The molecule has 0 fully saturated rings. The number of hydrogen-bond acceptors (Lipinski definition) is 2. The Balaban J connectivity index is 2.57. The summed E-state index contributed by atoms with van der Waals surface area (Å²) in [4.78, 5) is 0. The topological polar surface area (TPSA) is 18.5 Å². The van der Waals surface area contributed by atoms with Crippen LogP contribution in [0.25, 0.3) is 0 Å². The van der Waals surface area contributed by atoms with E-state index in [9.17, 15) is 0 Å². The quantitative estimate of drug-likeness (QED) is 0.681. The first-order valence-corrected chi connectivity index (χ1v) is 4.47. The first-order chi connectivity index (χ1) is 5.27. The highest BCUT2D eigenvalue weighted by Crippen LogP contribution is 2.36. The zero-order chi connectivity index (χ0) is 7.84. The summed E-state index contributed by atoms with van der Waals surface area (Å²) in [6, 6.07) is 3.64. The molecule has 1 aliphatic rings. The van der Waals surface area contributed by atoms with Crippen LogP contribution in [-0.2, 0) is 0 Å². The van der Waals surface area contributed by atoms with Crippen LogP contribution >= 0.6 is 34.2 Å². The third kappa shape index (κ3) is 1.27. The molecule has 0 saturated heterocycles. The summed E-state index contributed by atoms with van der Waals surface area (Å²) in [6.45, 7) is 0.297. The van der Waals surface area contributed by atoms with Crippen LogP contribution < -0.4 is 9.47 Å². The van der Waals surface area contributed by atoms with Crippen molar-refractivity contribution in [3.05, 3.63) is 20.7 Å². The fraction of sp³-hybridized carbons (Fsp3) is 0.143. The Morgan fingerprint density at radius 2 is 1.91 bits per heavy atom. The molecule has 1 heterocycles. The maximum atomic E-state index is 5.85. The third-order valence-corrected chi connectivity index (χ3v) is 2.94. The van der Waals surface area contributed by atoms with E-state index < -0.39 is 0 Å². The van der Waals surface area contributed by atoms with Gasteiger partial charge in [-0.2, -0.15) is 0 Å². The van der Waals surface area contributed by atoms with Gasteiger partial charge in [-0.05, 0) is 28.7 Å². The maximum absolute atomic E-state index is 5.85. The smallest absolute Gasteiger partial charge is 0.231 e. The molecule has 0 amide bonds. The number of benzene rings is 1. The van der Waals surface area contributed by atoms with E-state index in [1.54, 1.807) is 6.07 Å². The average Bonchev–Trinajstić information content (AvgIpc) is 2.36. The summed E-state index contributed by atoms with van der Waals surface area (Å²) in [5.41, 5.74) is 0. The van der Waals surface area contributed by atoms with Crippen LogP contribution in [0.5, 0.6) is 11.5 Å². The van der Waals surface area contributed by atoms with Crippen LogP contribution in [0.3, 0.4) is 0 Å². The largest absolute Gasteiger partial charge is 0.454 e. The first-order valence-electron chi connectivity index (χ1n) is 3.02. The van der Waals surface area contributed by atoms with Crippen LogP contribution in [0.2, 0.25) is 5.02 Å². The molecule has 0 atom stereocenters. The van der Waals surface area contributed by atoms with Crippen molar-refractivity contribution in [2.45, 2.75) is 0 Å². The maximum Gasteiger partial charge on any atom is 0.231 e. The Morgan fingerprint density at radius 3 is 2.64 bits per heavy atom. The molecule has 1 aromatic rings. The predicted octanol–water partition coefficient (Wildman–Crippen LogP) is 2.67. The summed E-state index contributed by atoms with van der Waals surface area (Å²) < 4.78 is 11.3. The molecule has 0 bridgehead atoms. The van der Waals surface area contributed by atoms with Crippen LogP contribution in [-0.4, -0.2) is 6.79 Å². The Morgan fingerprint density at radius 1 is 1.27 bits per heavy atom. The van der Waals surface area contributed by atoms with E-state index in [1.165, 1.54) is 0 Å². The van der Waals surface area contributed by atoms with Crippen LogP contribution in [0.15, 0.2) is 12.1 Å². The standard InChI is InChI=1S/C7H4ClIO2/c8-4-1-6-7(2-5(4)9)11-3-10-6/h1-2H,3H2. The van der Waals surface area contributed by atoms with E-state index in [-0.39, 0.29) is 0 Å². The lowest BCUT2D eigenvalue weighted by molar-refractivity contribution is 0.174. The van der Waals surface area contributed by atoms with E-state index in [0.29, 0.717) is 11.8 Å². The molecular formula is C7H4ClIO2. The van der Waals surface area contributed by atoms with Crippen molar-refractivity contribution in [3.63, 3.8) is 0 Å². The van der Waals surface area contributed by atoms with Crippen molar-refractivity contribution in [2.24, 2.45) is 0 Å². The number of hydrogen-bond donors (Lipinski definition) is 0. The van der Waals surface area contributed by atoms with Crippen molar-refractivity contribution >= 4 is 34.2 Å². The van der Waals surface area contributed by atoms with E-state index in [2.05, 4.69) is 22.6 Å². The SMILES string of the molecule is Clc1cc2c(cc1I)OCO2. The Hall–Kier alpha value is -0.160. The molecule has 0 aliphatic carbocycles. The van der Waals surface area contributed by atoms with E-state index >= 15 is 0 Å². The summed E-state index contributed by atoms with van der Waals surface area (Å²) in [6.07, 6.45) is 0. The van der Waals surface area contributed by atoms with Gasteiger partial charge in [0.1, 0.15) is 0 Å². The highest BCUT2D eigenvalue weighted by atomic mass is 127. The van der Waals surface area contributed by atoms with Gasteiger partial charge >= 0.3 is 0 Å². The van der Waals surface area contributed by atoms with Gasteiger partial charge in [0.25, 0.3) is 0 Å². The first kappa shape index (κ1) is 7.49. The van der Waals surface area contributed by atoms with Gasteiger partial charge in [0.15, 0.2) is 11.5 Å². The van der Waals surface area contributed by atoms with E-state index in [0.717, 1.165) is 15.1 Å². The Labute approximate surface area is 82.6 Å². The van der Waals surface area contributed by atoms with Crippen LogP contribution in [0, 0.1) is 3.57 Å². The molecule has 0 unspecified atom stereocenters. The Bertz CT molecular complexity index is 272. The van der Waals surface area contributed by atoms with Gasteiger partial charge in [-0.3, -0.25) is 0 Å². The predicted molar refractivity (Wildman–Crippen MR) is 50.3 cm³/mol. The molecule has 4 heteroatoms. The fourth-order valence-electron chi connectivity index (χ4n) is 0.892. The van der Waals surface area contributed by atoms with Gasteiger partial charge in [0.2, 0.25) is 6.79 Å². The number of halogens is 2. The molecule has 2 rings (SSSR count). The highest BCUT2D eigenvalue weighted by molar-refractivity contribution is 14.1. The zero-order valence-electron chi connectivity index (χ0n) is 5.43. The third-order valence-electron chi connectivity index (χ3n) is 1.42. The molecule has 0 saturated carbocycles. The second kappa shape index (κ2) is 2.71. The van der Waals surface area contributed by atoms with E-state index in [1.807, 2.05) is 6.07 Å². The van der Waals surface area contributed by atoms with Crippen molar-refractivity contribution in [2.75, 3.05) is 6.79 Å². The van der Waals surface area contributed by atoms with Crippen molar-refractivity contribution in [1.82, 2.24) is 0 Å². The monoisotopic (exact) mass is 282 g/mol. The van der Waals surface area contributed by atoms with Gasteiger partial charge in [0, 0.05) is 9.64 Å². The molecule has 1 aliphatic heterocycles. The van der Waals surface area contributed by atoms with E-state index in [4.69, 9.17) is 21.1 Å². The molecule has 1 aromatic carbocycles. The minimum absolute atomic E-state index is 0.297. The molecule has 2 nitrogen and oxygen atoms in total. The minimum Gasteiger partial charge on any atom is -0.454 e. The second-order valence-corrected chi connectivity index (χ2v) is 3.69. The van der Waals surface area contributed by atoms with Gasteiger partial charge < -0.3 is 9.47 Å². The molecule has 0 radical (unpaired) electrons. The summed E-state index contributed by atoms with van der Waals surface area (Å²) in [5.74, 6) is 1.51. The lowest BCUT2D eigenvalue weighted by Gasteiger charge is -1.97. The normalized spacial score (nSPS) is 13.6. The van der Waals surface area contributed by atoms with Gasteiger partial charge in [-0.1, -0.05) is 11.6 Å². The minimum atomic E-state index is 0.297. The van der Waals surface area contributed by atoms with Crippen LogP contribution in [0.4, 0.5) is 0 Å². The lowest BCUT2D eigenvalue weighted by Crippen LogP contribution is -1.92. The molecule has 0 N–H and O–H groups in total. The Kier molecular flexibility index (Phi) is 1.85. The number of fused-ring (bicyclic) bond motifs is 1. The zero-order valence-corrected chi connectivity index (χ0v) is 8.35. The highest BCUT2D eigenvalue weighted by Gasteiger charge is 2.14. The number of rotatable bonds is 0. The molecular weight excluding hydrogens is 278 g/mol. The van der Waals surface area contributed by atoms with Gasteiger partial charge in [0.05, 0.1) is 5.02 Å². The summed E-state index contributed by atoms with van der Waals surface area (Å²) in [7, 11) is 0. The summed E-state index contributed by atoms with van der Waals surface area (Å²) in [5, 5.41) is 0.704. The van der Waals surface area contributed by atoms with Crippen molar-refractivity contribution in [1.29, 1.82) is 0 Å². The molecule has 58 valence electrons. The molecule has 11 heavy (non-hydrogen) atoms. The van der Waals surface area contributed by atoms with Gasteiger partial charge in [-0.25, -0.2) is 0 Å². The van der Waals surface area contributed by atoms with Crippen molar-refractivity contribution in [3.8, 4) is 11.5 Å². The molecule has 0 aromatic heterocycles. The van der Waals surface area contributed by atoms with Crippen molar-refractivity contribution < 1.29 is 9.47 Å². The average molecular weight is 282 g/mol. The fourth-order valence-corrected chi connectivity index (χ4v) is 1.48.